The van der Waals surface area contributed by atoms with Gasteiger partial charge in [-0.1, -0.05) is 40.7 Å². The Morgan fingerprint density at radius 2 is 2.00 bits per heavy atom. The first kappa shape index (κ1) is 19.6. The van der Waals surface area contributed by atoms with Gasteiger partial charge < -0.3 is 4.43 Å². The lowest BCUT2D eigenvalue weighted by Crippen LogP contribution is -2.50. The molecule has 0 amide bonds. The van der Waals surface area contributed by atoms with Crippen LogP contribution in [0.1, 0.15) is 60.3 Å². The molecule has 0 N–H and O–H groups in total. The molecule has 0 aromatic carbocycles. The van der Waals surface area contributed by atoms with Gasteiger partial charge in [0.15, 0.2) is 14.1 Å². The van der Waals surface area contributed by atoms with Crippen LogP contribution in [0.2, 0.25) is 18.1 Å². The molecule has 1 fully saturated rings. The molecule has 2 aliphatic carbocycles. The van der Waals surface area contributed by atoms with Gasteiger partial charge in [0.2, 0.25) is 0 Å². The second-order valence-electron chi connectivity index (χ2n) is 9.69. The molecular formula is C21H36O2Si. The van der Waals surface area contributed by atoms with Crippen molar-refractivity contribution < 1.29 is 9.22 Å². The summed E-state index contributed by atoms with van der Waals surface area (Å²) in [5, 5.41) is 0.192. The van der Waals surface area contributed by atoms with E-state index >= 15 is 0 Å². The molecule has 0 spiro atoms. The summed E-state index contributed by atoms with van der Waals surface area (Å²) in [5.74, 6) is 0.981. The number of hydrogen-bond acceptors (Lipinski definition) is 2. The molecule has 3 heteroatoms. The normalized spacial score (nSPS) is 34.5. The van der Waals surface area contributed by atoms with Gasteiger partial charge in [-0.05, 0) is 66.8 Å². The zero-order valence-electron chi connectivity index (χ0n) is 16.7. The van der Waals surface area contributed by atoms with Crippen LogP contribution in [0.15, 0.2) is 24.3 Å². The molecular weight excluding hydrogens is 312 g/mol. The van der Waals surface area contributed by atoms with E-state index in [2.05, 4.69) is 54.3 Å². The van der Waals surface area contributed by atoms with E-state index < -0.39 is 8.32 Å². The maximum absolute atomic E-state index is 12.6. The van der Waals surface area contributed by atoms with Crippen LogP contribution in [0, 0.1) is 17.3 Å². The number of carbonyl (C=O) groups is 1. The summed E-state index contributed by atoms with van der Waals surface area (Å²) in [6.45, 7) is 20.0. The van der Waals surface area contributed by atoms with Gasteiger partial charge in [0.1, 0.15) is 0 Å². The molecule has 4 atom stereocenters. The third-order valence-corrected chi connectivity index (χ3v) is 11.5. The van der Waals surface area contributed by atoms with Crippen LogP contribution in [-0.2, 0) is 9.22 Å². The molecule has 0 saturated heterocycles. The fourth-order valence-corrected chi connectivity index (χ4v) is 5.35. The fraction of sp³-hybridized carbons (Fsp3) is 0.762. The highest BCUT2D eigenvalue weighted by Gasteiger charge is 2.49. The molecule has 0 unspecified atom stereocenters. The molecule has 2 aliphatic rings. The SMILES string of the molecule is C=CC[C@@H]1C[C@@]2(C)C(=CC1=O)[C@H](O[Si](C)(C)C(C)(C)C)CC[C@@H]2C. The lowest BCUT2D eigenvalue weighted by Gasteiger charge is -2.51. The topological polar surface area (TPSA) is 26.3 Å². The molecule has 0 aromatic rings. The minimum atomic E-state index is -1.85. The summed E-state index contributed by atoms with van der Waals surface area (Å²) in [6.07, 6.45) is 7.94. The molecule has 1 saturated carbocycles. The number of allylic oxidation sites excluding steroid dienone is 2. The van der Waals surface area contributed by atoms with Crippen LogP contribution in [-0.4, -0.2) is 20.2 Å². The lowest BCUT2D eigenvalue weighted by atomic mass is 9.57. The maximum Gasteiger partial charge on any atom is 0.192 e. The Balaban J connectivity index is 2.35. The number of ketones is 1. The summed E-state index contributed by atoms with van der Waals surface area (Å²) in [7, 11) is -1.85. The first-order chi connectivity index (χ1) is 10.9. The maximum atomic E-state index is 12.6. The van der Waals surface area contributed by atoms with Gasteiger partial charge in [0.05, 0.1) is 6.10 Å². The first-order valence-electron chi connectivity index (χ1n) is 9.47. The molecule has 24 heavy (non-hydrogen) atoms. The van der Waals surface area contributed by atoms with Crippen molar-refractivity contribution in [2.75, 3.05) is 0 Å². The highest BCUT2D eigenvalue weighted by Crippen LogP contribution is 2.53. The molecule has 2 rings (SSSR count). The van der Waals surface area contributed by atoms with Crippen LogP contribution in [0.4, 0.5) is 0 Å². The van der Waals surface area contributed by atoms with E-state index in [-0.39, 0.29) is 28.3 Å². The summed E-state index contributed by atoms with van der Waals surface area (Å²) in [4.78, 5) is 12.6. The zero-order valence-corrected chi connectivity index (χ0v) is 17.7. The van der Waals surface area contributed by atoms with Crippen molar-refractivity contribution in [3.8, 4) is 0 Å². The average molecular weight is 349 g/mol. The largest absolute Gasteiger partial charge is 0.410 e. The van der Waals surface area contributed by atoms with Crippen molar-refractivity contribution >= 4 is 14.1 Å². The van der Waals surface area contributed by atoms with E-state index in [0.717, 1.165) is 19.3 Å². The van der Waals surface area contributed by atoms with Crippen molar-refractivity contribution in [1.82, 2.24) is 0 Å². The quantitative estimate of drug-likeness (QED) is 0.466. The molecule has 2 nitrogen and oxygen atoms in total. The van der Waals surface area contributed by atoms with Crippen molar-refractivity contribution in [2.24, 2.45) is 17.3 Å². The fourth-order valence-electron chi connectivity index (χ4n) is 4.04. The van der Waals surface area contributed by atoms with Crippen molar-refractivity contribution in [3.63, 3.8) is 0 Å². The Bertz CT molecular complexity index is 541. The van der Waals surface area contributed by atoms with Crippen LogP contribution in [0.25, 0.3) is 0 Å². The minimum Gasteiger partial charge on any atom is -0.410 e. The number of fused-ring (bicyclic) bond motifs is 1. The second kappa shape index (κ2) is 6.57. The molecule has 136 valence electrons. The highest BCUT2D eigenvalue weighted by atomic mass is 28.4. The Morgan fingerprint density at radius 3 is 2.54 bits per heavy atom. The van der Waals surface area contributed by atoms with Crippen LogP contribution >= 0.6 is 0 Å². The van der Waals surface area contributed by atoms with Gasteiger partial charge in [0, 0.05) is 5.92 Å². The highest BCUT2D eigenvalue weighted by molar-refractivity contribution is 6.74. The monoisotopic (exact) mass is 348 g/mol. The Labute approximate surface area is 149 Å². The van der Waals surface area contributed by atoms with Crippen molar-refractivity contribution in [2.45, 2.75) is 84.5 Å². The van der Waals surface area contributed by atoms with Gasteiger partial charge in [-0.3, -0.25) is 4.79 Å². The predicted molar refractivity (Wildman–Crippen MR) is 105 cm³/mol. The standard InChI is InChI=1S/C21H36O2Si/c1-9-10-16-14-21(6)15(2)11-12-19(17(21)13-18(16)22)23-24(7,8)20(3,4)5/h9,13,15-16,19H,1,10-12,14H2,2-8H3/t15-,16+,19+,21+/m0/s1. The molecule has 0 heterocycles. The third kappa shape index (κ3) is 3.48. The first-order valence-corrected chi connectivity index (χ1v) is 12.4. The predicted octanol–water partition coefficient (Wildman–Crippen LogP) is 5.90. The van der Waals surface area contributed by atoms with Gasteiger partial charge in [-0.25, -0.2) is 0 Å². The van der Waals surface area contributed by atoms with E-state index in [9.17, 15) is 4.79 Å². The van der Waals surface area contributed by atoms with E-state index in [0.29, 0.717) is 5.92 Å². The average Bonchev–Trinajstić information content (AvgIpc) is 2.44. The van der Waals surface area contributed by atoms with Gasteiger partial charge in [0.25, 0.3) is 0 Å². The Hall–Kier alpha value is -0.673. The van der Waals surface area contributed by atoms with Crippen molar-refractivity contribution in [3.05, 3.63) is 24.3 Å². The van der Waals surface area contributed by atoms with E-state index in [1.54, 1.807) is 0 Å². The van der Waals surface area contributed by atoms with Crippen LogP contribution in [0.5, 0.6) is 0 Å². The van der Waals surface area contributed by atoms with Gasteiger partial charge in [-0.2, -0.15) is 0 Å². The van der Waals surface area contributed by atoms with Crippen LogP contribution in [0.3, 0.4) is 0 Å². The summed E-state index contributed by atoms with van der Waals surface area (Å²) in [6, 6.07) is 0. The molecule has 0 aliphatic heterocycles. The van der Waals surface area contributed by atoms with E-state index in [4.69, 9.17) is 4.43 Å². The van der Waals surface area contributed by atoms with Gasteiger partial charge in [-0.15, -0.1) is 6.58 Å². The summed E-state index contributed by atoms with van der Waals surface area (Å²) < 4.78 is 6.77. The second-order valence-corrected chi connectivity index (χ2v) is 14.4. The number of rotatable bonds is 4. The molecule has 0 radical (unpaired) electrons. The Kier molecular flexibility index (Phi) is 5.38. The number of carbonyl (C=O) groups excluding carboxylic acids is 1. The summed E-state index contributed by atoms with van der Waals surface area (Å²) >= 11 is 0. The summed E-state index contributed by atoms with van der Waals surface area (Å²) in [5.41, 5.74) is 1.36. The molecule has 0 bridgehead atoms. The minimum absolute atomic E-state index is 0.0901. The third-order valence-electron chi connectivity index (χ3n) is 7.02. The lowest BCUT2D eigenvalue weighted by molar-refractivity contribution is -0.121. The van der Waals surface area contributed by atoms with Crippen molar-refractivity contribution in [1.29, 1.82) is 0 Å². The number of hydrogen-bond donors (Lipinski definition) is 0. The van der Waals surface area contributed by atoms with Crippen LogP contribution < -0.4 is 0 Å². The Morgan fingerprint density at radius 1 is 1.38 bits per heavy atom. The van der Waals surface area contributed by atoms with E-state index in [1.165, 1.54) is 12.0 Å². The molecule has 0 aromatic heterocycles. The van der Waals surface area contributed by atoms with E-state index in [1.807, 2.05) is 12.2 Å². The smallest absolute Gasteiger partial charge is 0.192 e. The van der Waals surface area contributed by atoms with Gasteiger partial charge >= 0.3 is 0 Å². The zero-order chi connectivity index (χ0) is 18.3.